The van der Waals surface area contributed by atoms with Crippen LogP contribution in [0.2, 0.25) is 0 Å². The van der Waals surface area contributed by atoms with E-state index in [9.17, 15) is 4.79 Å². The molecule has 1 aliphatic carbocycles. The summed E-state index contributed by atoms with van der Waals surface area (Å²) < 4.78 is 0. The molecular formula is C12H23NO. The van der Waals surface area contributed by atoms with Crippen LogP contribution < -0.4 is 5.73 Å². The van der Waals surface area contributed by atoms with Gasteiger partial charge < -0.3 is 5.73 Å². The molecule has 0 heterocycles. The Labute approximate surface area is 87.2 Å². The topological polar surface area (TPSA) is 43.1 Å². The standard InChI is InChI=1S/C12H23NO/c1-12(2,3)10(11(13)14)9-7-5-4-6-8-9/h9-10H,4-8H2,1-3H3,(H2,13,14)/t10-/m0/s1. The Morgan fingerprint density at radius 3 is 2.07 bits per heavy atom. The van der Waals surface area contributed by atoms with Crippen LogP contribution in [0.15, 0.2) is 0 Å². The summed E-state index contributed by atoms with van der Waals surface area (Å²) >= 11 is 0. The van der Waals surface area contributed by atoms with Crippen LogP contribution in [0.5, 0.6) is 0 Å². The molecular weight excluding hydrogens is 174 g/mol. The lowest BCUT2D eigenvalue weighted by molar-refractivity contribution is -0.128. The van der Waals surface area contributed by atoms with Crippen LogP contribution in [0, 0.1) is 17.3 Å². The van der Waals surface area contributed by atoms with Gasteiger partial charge in [0, 0.05) is 5.92 Å². The molecule has 1 amide bonds. The second-order valence-corrected chi connectivity index (χ2v) is 5.64. The van der Waals surface area contributed by atoms with Crippen LogP contribution in [-0.2, 0) is 4.79 Å². The molecule has 0 spiro atoms. The summed E-state index contributed by atoms with van der Waals surface area (Å²) in [6, 6.07) is 0. The molecule has 0 aromatic rings. The van der Waals surface area contributed by atoms with E-state index < -0.39 is 0 Å². The van der Waals surface area contributed by atoms with E-state index >= 15 is 0 Å². The van der Waals surface area contributed by atoms with Crippen molar-refractivity contribution in [2.24, 2.45) is 23.0 Å². The van der Waals surface area contributed by atoms with Crippen molar-refractivity contribution in [3.05, 3.63) is 0 Å². The lowest BCUT2D eigenvalue weighted by atomic mass is 9.68. The molecule has 0 radical (unpaired) electrons. The molecule has 82 valence electrons. The van der Waals surface area contributed by atoms with Gasteiger partial charge in [-0.25, -0.2) is 0 Å². The largest absolute Gasteiger partial charge is 0.369 e. The molecule has 2 heteroatoms. The van der Waals surface area contributed by atoms with E-state index in [2.05, 4.69) is 20.8 Å². The van der Waals surface area contributed by atoms with Crippen LogP contribution in [0.1, 0.15) is 52.9 Å². The molecule has 14 heavy (non-hydrogen) atoms. The van der Waals surface area contributed by atoms with Gasteiger partial charge in [-0.2, -0.15) is 0 Å². The summed E-state index contributed by atoms with van der Waals surface area (Å²) in [6.07, 6.45) is 6.23. The van der Waals surface area contributed by atoms with Crippen LogP contribution in [0.3, 0.4) is 0 Å². The van der Waals surface area contributed by atoms with Gasteiger partial charge in [0.1, 0.15) is 0 Å². The molecule has 2 nitrogen and oxygen atoms in total. The molecule has 2 N–H and O–H groups in total. The molecule has 1 rings (SSSR count). The van der Waals surface area contributed by atoms with Crippen molar-refractivity contribution in [1.82, 2.24) is 0 Å². The van der Waals surface area contributed by atoms with E-state index in [1.807, 2.05) is 0 Å². The van der Waals surface area contributed by atoms with Gasteiger partial charge in [-0.15, -0.1) is 0 Å². The highest BCUT2D eigenvalue weighted by molar-refractivity contribution is 5.77. The van der Waals surface area contributed by atoms with Crippen LogP contribution >= 0.6 is 0 Å². The molecule has 0 unspecified atom stereocenters. The number of nitrogens with two attached hydrogens (primary N) is 1. The lowest BCUT2D eigenvalue weighted by Crippen LogP contribution is -2.40. The van der Waals surface area contributed by atoms with Gasteiger partial charge in [0.15, 0.2) is 0 Å². The molecule has 0 aromatic heterocycles. The Kier molecular flexibility index (Phi) is 3.57. The average Bonchev–Trinajstić information content (AvgIpc) is 2.02. The minimum absolute atomic E-state index is 0.0217. The maximum absolute atomic E-state index is 11.5. The van der Waals surface area contributed by atoms with Crippen molar-refractivity contribution < 1.29 is 4.79 Å². The summed E-state index contributed by atoms with van der Waals surface area (Å²) in [4.78, 5) is 11.5. The number of hydrogen-bond donors (Lipinski definition) is 1. The Bertz CT molecular complexity index is 199. The molecule has 1 aliphatic rings. The van der Waals surface area contributed by atoms with Gasteiger partial charge in [0.2, 0.25) is 5.91 Å². The summed E-state index contributed by atoms with van der Waals surface area (Å²) in [5.41, 5.74) is 5.54. The zero-order valence-electron chi connectivity index (χ0n) is 9.68. The predicted octanol–water partition coefficient (Wildman–Crippen LogP) is 2.71. The van der Waals surface area contributed by atoms with Crippen molar-refractivity contribution in [3.8, 4) is 0 Å². The van der Waals surface area contributed by atoms with Crippen LogP contribution in [-0.4, -0.2) is 5.91 Å². The minimum atomic E-state index is -0.107. The molecule has 1 fully saturated rings. The summed E-state index contributed by atoms with van der Waals surface area (Å²) in [6.45, 7) is 6.37. The van der Waals surface area contributed by atoms with Crippen molar-refractivity contribution in [3.63, 3.8) is 0 Å². The summed E-state index contributed by atoms with van der Waals surface area (Å²) in [5.74, 6) is 0.480. The van der Waals surface area contributed by atoms with Crippen molar-refractivity contribution >= 4 is 5.91 Å². The summed E-state index contributed by atoms with van der Waals surface area (Å²) in [5, 5.41) is 0. The van der Waals surface area contributed by atoms with Gasteiger partial charge in [-0.05, 0) is 24.2 Å². The number of carbonyl (C=O) groups excluding carboxylic acids is 1. The Balaban J connectivity index is 2.71. The van der Waals surface area contributed by atoms with Gasteiger partial charge in [-0.1, -0.05) is 40.0 Å². The highest BCUT2D eigenvalue weighted by Crippen LogP contribution is 2.39. The highest BCUT2D eigenvalue weighted by atomic mass is 16.1. The van der Waals surface area contributed by atoms with Crippen LogP contribution in [0.4, 0.5) is 0 Å². The fraction of sp³-hybridized carbons (Fsp3) is 0.917. The molecule has 0 aliphatic heterocycles. The number of primary amides is 1. The number of amides is 1. The first kappa shape index (κ1) is 11.5. The van der Waals surface area contributed by atoms with Crippen molar-refractivity contribution in [1.29, 1.82) is 0 Å². The average molecular weight is 197 g/mol. The van der Waals surface area contributed by atoms with Gasteiger partial charge >= 0.3 is 0 Å². The molecule has 0 aromatic carbocycles. The van der Waals surface area contributed by atoms with E-state index in [1.54, 1.807) is 0 Å². The van der Waals surface area contributed by atoms with E-state index in [0.717, 1.165) is 0 Å². The monoisotopic (exact) mass is 197 g/mol. The third-order valence-electron chi connectivity index (χ3n) is 3.36. The number of hydrogen-bond acceptors (Lipinski definition) is 1. The molecule has 0 saturated heterocycles. The smallest absolute Gasteiger partial charge is 0.221 e. The van der Waals surface area contributed by atoms with E-state index in [0.29, 0.717) is 5.92 Å². The molecule has 1 atom stereocenters. The zero-order chi connectivity index (χ0) is 10.8. The van der Waals surface area contributed by atoms with Crippen LogP contribution in [0.25, 0.3) is 0 Å². The fourth-order valence-electron chi connectivity index (χ4n) is 2.83. The molecule has 0 bridgehead atoms. The first-order valence-electron chi connectivity index (χ1n) is 5.72. The van der Waals surface area contributed by atoms with Gasteiger partial charge in [0.25, 0.3) is 0 Å². The molecule has 1 saturated carbocycles. The van der Waals surface area contributed by atoms with Crippen molar-refractivity contribution in [2.45, 2.75) is 52.9 Å². The Morgan fingerprint density at radius 1 is 1.21 bits per heavy atom. The van der Waals surface area contributed by atoms with Gasteiger partial charge in [-0.3, -0.25) is 4.79 Å². The van der Waals surface area contributed by atoms with E-state index in [-0.39, 0.29) is 17.2 Å². The third kappa shape index (κ3) is 2.73. The predicted molar refractivity (Wildman–Crippen MR) is 58.7 cm³/mol. The summed E-state index contributed by atoms with van der Waals surface area (Å²) in [7, 11) is 0. The Hall–Kier alpha value is -0.530. The zero-order valence-corrected chi connectivity index (χ0v) is 9.68. The third-order valence-corrected chi connectivity index (χ3v) is 3.36. The number of carbonyl (C=O) groups is 1. The maximum Gasteiger partial charge on any atom is 0.221 e. The first-order chi connectivity index (χ1) is 6.43. The quantitative estimate of drug-likeness (QED) is 0.726. The minimum Gasteiger partial charge on any atom is -0.369 e. The fourth-order valence-corrected chi connectivity index (χ4v) is 2.83. The first-order valence-corrected chi connectivity index (χ1v) is 5.72. The number of rotatable bonds is 2. The highest BCUT2D eigenvalue weighted by Gasteiger charge is 2.36. The van der Waals surface area contributed by atoms with Crippen molar-refractivity contribution in [2.75, 3.05) is 0 Å². The maximum atomic E-state index is 11.5. The SMILES string of the molecule is CC(C)(C)[C@H](C(N)=O)C1CCCCC1. The normalized spacial score (nSPS) is 21.9. The lowest BCUT2D eigenvalue weighted by Gasteiger charge is -2.36. The second-order valence-electron chi connectivity index (χ2n) is 5.64. The van der Waals surface area contributed by atoms with E-state index in [4.69, 9.17) is 5.73 Å². The van der Waals surface area contributed by atoms with E-state index in [1.165, 1.54) is 32.1 Å². The second kappa shape index (κ2) is 4.33. The Morgan fingerprint density at radius 2 is 1.71 bits per heavy atom. The van der Waals surface area contributed by atoms with Gasteiger partial charge in [0.05, 0.1) is 0 Å².